The first kappa shape index (κ1) is 24.2. The Hall–Kier alpha value is -2.90. The zero-order valence-electron chi connectivity index (χ0n) is 20.4. The summed E-state index contributed by atoms with van der Waals surface area (Å²) in [5.74, 6) is 0. The van der Waals surface area contributed by atoms with Crippen molar-refractivity contribution < 1.29 is 12.8 Å². The molecule has 2 aliphatic heterocycles. The van der Waals surface area contributed by atoms with Gasteiger partial charge >= 0.3 is 21.6 Å². The largest absolute Gasteiger partial charge is 0.518 e. The predicted octanol–water partition coefficient (Wildman–Crippen LogP) is 1.70. The Morgan fingerprint density at radius 2 is 1.71 bits per heavy atom. The summed E-state index contributed by atoms with van der Waals surface area (Å²) < 4.78 is 38.6. The van der Waals surface area contributed by atoms with Gasteiger partial charge in [0.25, 0.3) is 14.3 Å². The molecule has 0 N–H and O–H groups in total. The van der Waals surface area contributed by atoms with Crippen LogP contribution in [0.3, 0.4) is 0 Å². The molecule has 0 radical (unpaired) electrons. The van der Waals surface area contributed by atoms with E-state index in [1.54, 1.807) is 36.4 Å². The van der Waals surface area contributed by atoms with Gasteiger partial charge in [0.05, 0.1) is 17.9 Å². The van der Waals surface area contributed by atoms with Crippen molar-refractivity contribution >= 4 is 24.5 Å². The molecule has 0 bridgehead atoms. The molecule has 0 fully saturated rings. The molecule has 1 aromatic heterocycles. The van der Waals surface area contributed by atoms with Gasteiger partial charge in [0, 0.05) is 14.1 Å². The van der Waals surface area contributed by atoms with Crippen LogP contribution in [0.15, 0.2) is 56.7 Å². The molecule has 0 spiro atoms. The average Bonchev–Trinajstić information content (AvgIpc) is 3.22. The van der Waals surface area contributed by atoms with Crippen molar-refractivity contribution in [2.75, 3.05) is 14.1 Å². The Morgan fingerprint density at radius 3 is 2.26 bits per heavy atom. The van der Waals surface area contributed by atoms with E-state index in [9.17, 15) is 18.0 Å². The molecule has 0 amide bonds. The van der Waals surface area contributed by atoms with Crippen molar-refractivity contribution in [3.63, 3.8) is 0 Å². The van der Waals surface area contributed by atoms with E-state index in [0.717, 1.165) is 13.2 Å². The molecule has 3 heterocycles. The summed E-state index contributed by atoms with van der Waals surface area (Å²) in [4.78, 5) is 31.1. The number of amidine groups is 1. The molecular formula is C21H30N6O5SSi. The molecular weight excluding hydrogens is 476 g/mol. The van der Waals surface area contributed by atoms with E-state index in [4.69, 9.17) is 4.43 Å². The summed E-state index contributed by atoms with van der Waals surface area (Å²) in [6, 6.07) is 8.49. The summed E-state index contributed by atoms with van der Waals surface area (Å²) in [6.45, 7) is 10.1. The van der Waals surface area contributed by atoms with Crippen molar-refractivity contribution in [3.05, 3.63) is 63.1 Å². The Labute approximate surface area is 199 Å². The van der Waals surface area contributed by atoms with E-state index < -0.39 is 36.1 Å². The van der Waals surface area contributed by atoms with Crippen molar-refractivity contribution in [2.45, 2.75) is 51.6 Å². The number of rotatable bonds is 4. The van der Waals surface area contributed by atoms with Gasteiger partial charge in [0.2, 0.25) is 0 Å². The quantitative estimate of drug-likeness (QED) is 0.586. The molecule has 1 atom stereocenters. The maximum atomic E-state index is 13.4. The third-order valence-corrected chi connectivity index (χ3v) is 12.6. The topological polar surface area (TPSA) is 111 Å². The van der Waals surface area contributed by atoms with Crippen LogP contribution in [0.5, 0.6) is 0 Å². The van der Waals surface area contributed by atoms with Crippen molar-refractivity contribution in [1.82, 2.24) is 22.5 Å². The van der Waals surface area contributed by atoms with Crippen molar-refractivity contribution in [1.29, 1.82) is 0 Å². The summed E-state index contributed by atoms with van der Waals surface area (Å²) in [5.41, 5.74) is -0.450. The number of hydrogen-bond donors (Lipinski definition) is 0. The van der Waals surface area contributed by atoms with Crippen molar-refractivity contribution in [2.24, 2.45) is 4.99 Å². The minimum absolute atomic E-state index is 0.0160. The molecule has 0 aliphatic carbocycles. The zero-order chi connectivity index (χ0) is 25.2. The van der Waals surface area contributed by atoms with Crippen LogP contribution in [0.2, 0.25) is 18.1 Å². The first-order valence-corrected chi connectivity index (χ1v) is 15.2. The highest BCUT2D eigenvalue weighted by Crippen LogP contribution is 2.41. The summed E-state index contributed by atoms with van der Waals surface area (Å²) >= 11 is 0. The smallest absolute Gasteiger partial charge is 0.354 e. The Balaban J connectivity index is 1.91. The lowest BCUT2D eigenvalue weighted by atomic mass is 10.2. The number of hydrogen-bond acceptors (Lipinski definition) is 6. The van der Waals surface area contributed by atoms with Gasteiger partial charge in [-0.05, 0) is 36.3 Å². The second kappa shape index (κ2) is 7.82. The standard InChI is InChI=1S/C21H30N6O5SSi/c1-21(2,3)34(6,7)32-18-22-17-16(27(18)33(30,31)23(4)5)13-14-24-19(28)25(20(29)26(17)24)15-11-9-8-10-12-15/h8-13,17H,14H2,1-7H3. The highest BCUT2D eigenvalue weighted by atomic mass is 32.2. The summed E-state index contributed by atoms with van der Waals surface area (Å²) in [7, 11) is -3.69. The Bertz CT molecular complexity index is 1410. The van der Waals surface area contributed by atoms with E-state index in [1.807, 2.05) is 33.9 Å². The summed E-state index contributed by atoms with van der Waals surface area (Å²) in [5, 5.41) is -0.221. The van der Waals surface area contributed by atoms with Gasteiger partial charge in [-0.15, -0.1) is 0 Å². The van der Waals surface area contributed by atoms with Gasteiger partial charge < -0.3 is 4.43 Å². The number of fused-ring (bicyclic) bond motifs is 3. The molecule has 1 unspecified atom stereocenters. The van der Waals surface area contributed by atoms with Gasteiger partial charge in [0.15, 0.2) is 6.17 Å². The van der Waals surface area contributed by atoms with Crippen LogP contribution in [0, 0.1) is 0 Å². The fourth-order valence-electron chi connectivity index (χ4n) is 3.53. The van der Waals surface area contributed by atoms with Gasteiger partial charge in [-0.1, -0.05) is 39.0 Å². The van der Waals surface area contributed by atoms with Crippen LogP contribution in [0.4, 0.5) is 0 Å². The average molecular weight is 507 g/mol. The normalized spacial score (nSPS) is 18.5. The van der Waals surface area contributed by atoms with E-state index in [0.29, 0.717) is 5.69 Å². The number of para-hydroxylation sites is 1. The molecule has 34 heavy (non-hydrogen) atoms. The Morgan fingerprint density at radius 1 is 1.09 bits per heavy atom. The molecule has 184 valence electrons. The first-order valence-electron chi connectivity index (χ1n) is 10.9. The molecule has 2 aliphatic rings. The van der Waals surface area contributed by atoms with Gasteiger partial charge in [-0.25, -0.2) is 23.8 Å². The van der Waals surface area contributed by atoms with Crippen LogP contribution in [0.1, 0.15) is 26.9 Å². The lowest BCUT2D eigenvalue weighted by Gasteiger charge is -2.38. The molecule has 4 rings (SSSR count). The van der Waals surface area contributed by atoms with Crippen LogP contribution in [-0.2, 0) is 21.2 Å². The van der Waals surface area contributed by atoms with E-state index in [2.05, 4.69) is 4.99 Å². The second-order valence-electron chi connectivity index (χ2n) is 9.99. The summed E-state index contributed by atoms with van der Waals surface area (Å²) in [6.07, 6.45) is 0.557. The molecule has 11 nitrogen and oxygen atoms in total. The lowest BCUT2D eigenvalue weighted by molar-refractivity contribution is 0.373. The van der Waals surface area contributed by atoms with Crippen molar-refractivity contribution in [3.8, 4) is 5.69 Å². The third kappa shape index (κ3) is 3.58. The number of nitrogens with zero attached hydrogens (tertiary/aromatic N) is 6. The maximum Gasteiger partial charge on any atom is 0.354 e. The van der Waals surface area contributed by atoms with Crippen LogP contribution < -0.4 is 11.4 Å². The van der Waals surface area contributed by atoms with Crippen LogP contribution in [0.25, 0.3) is 5.69 Å². The second-order valence-corrected chi connectivity index (χ2v) is 16.7. The number of allylic oxidation sites excluding steroid dienone is 1. The minimum Gasteiger partial charge on any atom is -0.518 e. The predicted molar refractivity (Wildman–Crippen MR) is 132 cm³/mol. The first-order chi connectivity index (χ1) is 15.7. The highest BCUT2D eigenvalue weighted by molar-refractivity contribution is 7.87. The lowest BCUT2D eigenvalue weighted by Crippen LogP contribution is -2.49. The number of benzene rings is 1. The Kier molecular flexibility index (Phi) is 5.57. The van der Waals surface area contributed by atoms with Gasteiger partial charge in [-0.2, -0.15) is 21.7 Å². The van der Waals surface area contributed by atoms with Gasteiger partial charge in [0.1, 0.15) is 0 Å². The molecule has 0 saturated carbocycles. The number of aromatic nitrogens is 3. The molecule has 2 aromatic rings. The highest BCUT2D eigenvalue weighted by Gasteiger charge is 2.49. The van der Waals surface area contributed by atoms with E-state index >= 15 is 0 Å². The zero-order valence-corrected chi connectivity index (χ0v) is 22.2. The van der Waals surface area contributed by atoms with Gasteiger partial charge in [-0.3, -0.25) is 0 Å². The van der Waals surface area contributed by atoms with Crippen LogP contribution in [-0.4, -0.2) is 59.4 Å². The fourth-order valence-corrected chi connectivity index (χ4v) is 5.54. The van der Waals surface area contributed by atoms with E-state index in [-0.39, 0.29) is 23.3 Å². The molecule has 0 saturated heterocycles. The van der Waals surface area contributed by atoms with E-state index in [1.165, 1.54) is 23.5 Å². The fraction of sp³-hybridized carbons (Fsp3) is 0.476. The maximum absolute atomic E-state index is 13.4. The van der Waals surface area contributed by atoms with Crippen LogP contribution >= 0.6 is 0 Å². The number of aliphatic imine (C=N–C) groups is 1. The molecule has 13 heteroatoms. The minimum atomic E-state index is -4.03. The molecule has 1 aromatic carbocycles. The SMILES string of the molecule is CN(C)S(=O)(=O)N1C2=CCn3c(=O)n(-c4ccccc4)c(=O)n3C2N=C1O[Si](C)(C)C(C)(C)C. The monoisotopic (exact) mass is 506 g/mol. The third-order valence-electron chi connectivity index (χ3n) is 6.53.